The van der Waals surface area contributed by atoms with Gasteiger partial charge in [-0.25, -0.2) is 4.79 Å². The molecule has 1 unspecified atom stereocenters. The summed E-state index contributed by atoms with van der Waals surface area (Å²) in [6.45, 7) is 22.1. The van der Waals surface area contributed by atoms with Gasteiger partial charge in [0.2, 0.25) is 0 Å². The number of likely N-dealkylation sites (tertiary alicyclic amines) is 1. The van der Waals surface area contributed by atoms with Crippen molar-refractivity contribution in [3.05, 3.63) is 0 Å². The summed E-state index contributed by atoms with van der Waals surface area (Å²) in [5, 5.41) is 0. The first-order valence-corrected chi connectivity index (χ1v) is 9.92. The molecule has 2 fully saturated rings. The fraction of sp³-hybridized carbons (Fsp3) is 0.950. The van der Waals surface area contributed by atoms with Crippen LogP contribution in [0.25, 0.3) is 0 Å². The molecule has 2 rings (SSSR count). The zero-order valence-corrected chi connectivity index (χ0v) is 18.4. The molecule has 0 aromatic heterocycles. The molecule has 2 aliphatic rings. The molecule has 0 spiro atoms. The van der Waals surface area contributed by atoms with E-state index in [4.69, 9.17) is 14.0 Å². The van der Waals surface area contributed by atoms with Crippen molar-refractivity contribution in [3.63, 3.8) is 0 Å². The second kappa shape index (κ2) is 6.70. The van der Waals surface area contributed by atoms with Crippen molar-refractivity contribution in [3.8, 4) is 0 Å². The molecule has 0 aromatic carbocycles. The minimum Gasteiger partial charge on any atom is -0.444 e. The molecule has 2 aliphatic heterocycles. The second-order valence-corrected chi connectivity index (χ2v) is 10.7. The maximum Gasteiger partial charge on any atom is 0.461 e. The first kappa shape index (κ1) is 21.6. The molecule has 0 radical (unpaired) electrons. The van der Waals surface area contributed by atoms with Crippen molar-refractivity contribution in [2.24, 2.45) is 11.3 Å². The average Bonchev–Trinajstić information content (AvgIpc) is 2.59. The number of hydrogen-bond acceptors (Lipinski definition) is 4. The molecule has 2 heterocycles. The van der Waals surface area contributed by atoms with Gasteiger partial charge in [-0.05, 0) is 60.8 Å². The van der Waals surface area contributed by atoms with E-state index < -0.39 is 5.60 Å². The van der Waals surface area contributed by atoms with E-state index in [1.54, 1.807) is 0 Å². The summed E-state index contributed by atoms with van der Waals surface area (Å²) in [5.41, 5.74) is -1.13. The zero-order valence-electron chi connectivity index (χ0n) is 18.4. The Morgan fingerprint density at radius 3 is 1.92 bits per heavy atom. The Balaban J connectivity index is 2.11. The van der Waals surface area contributed by atoms with Crippen LogP contribution in [0.5, 0.6) is 0 Å². The van der Waals surface area contributed by atoms with Crippen molar-refractivity contribution in [1.29, 1.82) is 0 Å². The number of nitrogens with zero attached hydrogens (tertiary/aromatic N) is 1. The van der Waals surface area contributed by atoms with Gasteiger partial charge in [-0.2, -0.15) is 0 Å². The second-order valence-electron chi connectivity index (χ2n) is 10.7. The molecule has 1 atom stereocenters. The van der Waals surface area contributed by atoms with Crippen LogP contribution < -0.4 is 0 Å². The van der Waals surface area contributed by atoms with E-state index >= 15 is 0 Å². The Morgan fingerprint density at radius 1 is 1.08 bits per heavy atom. The molecule has 0 aromatic rings. The molecule has 0 aliphatic carbocycles. The van der Waals surface area contributed by atoms with Crippen molar-refractivity contribution in [2.75, 3.05) is 13.1 Å². The maximum absolute atomic E-state index is 12.4. The van der Waals surface area contributed by atoms with Crippen LogP contribution in [0.1, 0.15) is 75.7 Å². The Hall–Kier alpha value is -0.745. The monoisotopic (exact) mass is 367 g/mol. The topological polar surface area (TPSA) is 48.0 Å². The standard InChI is InChI=1S/C20H38BNO4/c1-14(2)11-20(12-22(13-20)16(23)24-17(4,5)6)15(3)21-25-18(7,8)19(9,10)26-21/h14-15H,11-13H2,1-10H3. The van der Waals surface area contributed by atoms with E-state index in [2.05, 4.69) is 48.5 Å². The highest BCUT2D eigenvalue weighted by Gasteiger charge is 2.60. The highest BCUT2D eigenvalue weighted by atomic mass is 16.7. The Kier molecular flexibility index (Phi) is 5.55. The summed E-state index contributed by atoms with van der Waals surface area (Å²) in [5.74, 6) is 0.741. The smallest absolute Gasteiger partial charge is 0.444 e. The lowest BCUT2D eigenvalue weighted by Gasteiger charge is -2.54. The lowest BCUT2D eigenvalue weighted by Crippen LogP contribution is -2.63. The van der Waals surface area contributed by atoms with E-state index in [0.717, 1.165) is 6.42 Å². The number of hydrogen-bond donors (Lipinski definition) is 0. The Labute approximate surface area is 160 Å². The Morgan fingerprint density at radius 2 is 1.54 bits per heavy atom. The van der Waals surface area contributed by atoms with E-state index in [9.17, 15) is 4.79 Å². The third-order valence-electron chi connectivity index (χ3n) is 6.12. The molecule has 5 nitrogen and oxygen atoms in total. The molecule has 6 heteroatoms. The van der Waals surface area contributed by atoms with Crippen LogP contribution in [-0.2, 0) is 14.0 Å². The van der Waals surface area contributed by atoms with Crippen LogP contribution in [0, 0.1) is 11.3 Å². The molecule has 1 amide bonds. The normalized spacial score (nSPS) is 25.2. The van der Waals surface area contributed by atoms with Crippen molar-refractivity contribution >= 4 is 13.2 Å². The van der Waals surface area contributed by atoms with Gasteiger partial charge in [0.1, 0.15) is 5.60 Å². The van der Waals surface area contributed by atoms with Crippen molar-refractivity contribution in [1.82, 2.24) is 4.90 Å². The summed E-state index contributed by atoms with van der Waals surface area (Å²) >= 11 is 0. The lowest BCUT2D eigenvalue weighted by atomic mass is 9.52. The van der Waals surface area contributed by atoms with Crippen LogP contribution in [0.2, 0.25) is 5.82 Å². The van der Waals surface area contributed by atoms with Crippen LogP contribution >= 0.6 is 0 Å². The molecule has 0 saturated carbocycles. The summed E-state index contributed by atoms with van der Waals surface area (Å²) in [6, 6.07) is 0. The predicted octanol–water partition coefficient (Wildman–Crippen LogP) is 4.75. The van der Waals surface area contributed by atoms with E-state index in [1.807, 2.05) is 25.7 Å². The van der Waals surface area contributed by atoms with Gasteiger partial charge in [0.15, 0.2) is 0 Å². The van der Waals surface area contributed by atoms with Gasteiger partial charge in [0.25, 0.3) is 0 Å². The average molecular weight is 367 g/mol. The quantitative estimate of drug-likeness (QED) is 0.673. The fourth-order valence-electron chi connectivity index (χ4n) is 3.97. The third-order valence-corrected chi connectivity index (χ3v) is 6.12. The first-order chi connectivity index (χ1) is 11.6. The Bertz CT molecular complexity index is 516. The van der Waals surface area contributed by atoms with Gasteiger partial charge >= 0.3 is 13.2 Å². The van der Waals surface area contributed by atoms with Gasteiger partial charge in [-0.1, -0.05) is 20.8 Å². The molecule has 150 valence electrons. The minimum atomic E-state index is -0.468. The molecule has 2 saturated heterocycles. The van der Waals surface area contributed by atoms with Crippen LogP contribution in [-0.4, -0.2) is 48.0 Å². The summed E-state index contributed by atoms with van der Waals surface area (Å²) in [6.07, 6.45) is 0.815. The largest absolute Gasteiger partial charge is 0.461 e. The van der Waals surface area contributed by atoms with Crippen molar-refractivity contribution in [2.45, 2.75) is 98.3 Å². The SMILES string of the molecule is CC(C)CC1(C(C)B2OC(C)(C)C(C)(C)O2)CN(C(=O)OC(C)(C)C)C1. The lowest BCUT2D eigenvalue weighted by molar-refractivity contribution is -0.0473. The first-order valence-electron chi connectivity index (χ1n) is 9.92. The highest BCUT2D eigenvalue weighted by Crippen LogP contribution is 2.52. The maximum atomic E-state index is 12.4. The number of rotatable bonds is 4. The number of amides is 1. The number of carbonyl (C=O) groups is 1. The molecular formula is C20H38BNO4. The summed E-state index contributed by atoms with van der Waals surface area (Å²) < 4.78 is 18.2. The van der Waals surface area contributed by atoms with E-state index in [1.165, 1.54) is 0 Å². The van der Waals surface area contributed by atoms with Gasteiger partial charge in [-0.3, -0.25) is 0 Å². The van der Waals surface area contributed by atoms with Gasteiger partial charge in [0, 0.05) is 24.3 Å². The van der Waals surface area contributed by atoms with Gasteiger partial charge in [0.05, 0.1) is 11.2 Å². The molecule has 0 N–H and O–H groups in total. The van der Waals surface area contributed by atoms with Gasteiger partial charge < -0.3 is 18.9 Å². The van der Waals surface area contributed by atoms with Crippen molar-refractivity contribution < 1.29 is 18.8 Å². The predicted molar refractivity (Wildman–Crippen MR) is 105 cm³/mol. The van der Waals surface area contributed by atoms with Crippen LogP contribution in [0.4, 0.5) is 4.79 Å². The van der Waals surface area contributed by atoms with E-state index in [-0.39, 0.29) is 35.6 Å². The molecule has 26 heavy (non-hydrogen) atoms. The van der Waals surface area contributed by atoms with E-state index in [0.29, 0.717) is 19.0 Å². The zero-order chi connectivity index (χ0) is 20.1. The van der Waals surface area contributed by atoms with Crippen LogP contribution in [0.3, 0.4) is 0 Å². The van der Waals surface area contributed by atoms with Gasteiger partial charge in [-0.15, -0.1) is 0 Å². The molecule has 0 bridgehead atoms. The summed E-state index contributed by atoms with van der Waals surface area (Å²) in [7, 11) is -0.250. The number of ether oxygens (including phenoxy) is 1. The minimum absolute atomic E-state index is 0.00619. The fourth-order valence-corrected chi connectivity index (χ4v) is 3.97. The third kappa shape index (κ3) is 4.22. The highest BCUT2D eigenvalue weighted by molar-refractivity contribution is 6.47. The number of carbonyl (C=O) groups excluding carboxylic acids is 1. The summed E-state index contributed by atoms with van der Waals surface area (Å²) in [4.78, 5) is 14.2. The van der Waals surface area contributed by atoms with Crippen LogP contribution in [0.15, 0.2) is 0 Å². The molecular weight excluding hydrogens is 329 g/mol.